The molecule has 0 atom stereocenters. The first kappa shape index (κ1) is 10.4. The van der Waals surface area contributed by atoms with Crippen molar-refractivity contribution in [1.82, 2.24) is 0 Å². The molecule has 1 aromatic rings. The molecule has 4 N–H and O–H groups in total. The third kappa shape index (κ3) is 1.81. The van der Waals surface area contributed by atoms with Gasteiger partial charge in [-0.3, -0.25) is 10.1 Å². The number of aliphatic hydroxyl groups excluding tert-OH is 2. The van der Waals surface area contributed by atoms with Crippen molar-refractivity contribution in [2.24, 2.45) is 0 Å². The Bertz CT molecular complexity index is 365. The van der Waals surface area contributed by atoms with Crippen molar-refractivity contribution < 1.29 is 15.1 Å². The fourth-order valence-electron chi connectivity index (χ4n) is 1.17. The number of benzene rings is 1. The predicted molar refractivity (Wildman–Crippen MR) is 49.4 cm³/mol. The molecule has 0 bridgehead atoms. The van der Waals surface area contributed by atoms with E-state index in [1.165, 1.54) is 12.1 Å². The van der Waals surface area contributed by atoms with Gasteiger partial charge in [0.1, 0.15) is 0 Å². The number of anilines is 1. The topological polar surface area (TPSA) is 110 Å². The fourth-order valence-corrected chi connectivity index (χ4v) is 1.17. The second kappa shape index (κ2) is 4.03. The molecule has 76 valence electrons. The van der Waals surface area contributed by atoms with Crippen LogP contribution in [0.3, 0.4) is 0 Å². The Morgan fingerprint density at radius 3 is 2.43 bits per heavy atom. The van der Waals surface area contributed by atoms with Crippen LogP contribution in [0.25, 0.3) is 0 Å². The highest BCUT2D eigenvalue weighted by Crippen LogP contribution is 2.26. The number of nitro groups is 1. The Balaban J connectivity index is 3.35. The van der Waals surface area contributed by atoms with E-state index >= 15 is 0 Å². The van der Waals surface area contributed by atoms with Crippen LogP contribution >= 0.6 is 0 Å². The molecule has 0 aliphatic carbocycles. The van der Waals surface area contributed by atoms with Gasteiger partial charge in [-0.2, -0.15) is 0 Å². The Hall–Kier alpha value is -1.66. The van der Waals surface area contributed by atoms with E-state index in [0.717, 1.165) is 0 Å². The average molecular weight is 198 g/mol. The maximum atomic E-state index is 10.6. The molecule has 0 saturated heterocycles. The Labute approximate surface area is 79.7 Å². The normalized spacial score (nSPS) is 10.1. The molecule has 0 heterocycles. The standard InChI is InChI=1S/C8H10N2O4/c9-7-1-5(3-11)2-8(10(13)14)6(7)4-12/h1-2,11-12H,3-4,9H2. The third-order valence-corrected chi connectivity index (χ3v) is 1.86. The molecule has 0 unspecified atom stereocenters. The van der Waals surface area contributed by atoms with Crippen LogP contribution in [-0.2, 0) is 13.2 Å². The van der Waals surface area contributed by atoms with Gasteiger partial charge in [0, 0.05) is 11.8 Å². The number of nitrogens with zero attached hydrogens (tertiary/aromatic N) is 1. The minimum atomic E-state index is -0.638. The van der Waals surface area contributed by atoms with Crippen LogP contribution in [0.2, 0.25) is 0 Å². The first-order chi connectivity index (χ1) is 6.60. The van der Waals surface area contributed by atoms with Gasteiger partial charge in [0.2, 0.25) is 0 Å². The van der Waals surface area contributed by atoms with Gasteiger partial charge in [-0.05, 0) is 11.6 Å². The van der Waals surface area contributed by atoms with Crippen LogP contribution in [0, 0.1) is 10.1 Å². The summed E-state index contributed by atoms with van der Waals surface area (Å²) in [5, 5.41) is 28.2. The maximum absolute atomic E-state index is 10.6. The lowest BCUT2D eigenvalue weighted by atomic mass is 10.1. The Morgan fingerprint density at radius 2 is 2.00 bits per heavy atom. The number of nitrogens with two attached hydrogens (primary N) is 1. The first-order valence-corrected chi connectivity index (χ1v) is 3.87. The van der Waals surface area contributed by atoms with Crippen molar-refractivity contribution in [3.8, 4) is 0 Å². The second-order valence-corrected chi connectivity index (χ2v) is 2.76. The van der Waals surface area contributed by atoms with Crippen LogP contribution in [-0.4, -0.2) is 15.1 Å². The molecular weight excluding hydrogens is 188 g/mol. The minimum Gasteiger partial charge on any atom is -0.398 e. The van der Waals surface area contributed by atoms with Crippen LogP contribution in [0.1, 0.15) is 11.1 Å². The highest BCUT2D eigenvalue weighted by Gasteiger charge is 2.17. The first-order valence-electron chi connectivity index (χ1n) is 3.87. The molecule has 0 radical (unpaired) electrons. The molecule has 1 aromatic carbocycles. The highest BCUT2D eigenvalue weighted by atomic mass is 16.6. The minimum absolute atomic E-state index is 0.0761. The molecule has 0 aliphatic rings. The Kier molecular flexibility index (Phi) is 3.00. The lowest BCUT2D eigenvalue weighted by Gasteiger charge is -2.05. The van der Waals surface area contributed by atoms with Crippen molar-refractivity contribution in [3.63, 3.8) is 0 Å². The number of nitro benzene ring substituents is 1. The van der Waals surface area contributed by atoms with Crippen LogP contribution in [0.4, 0.5) is 11.4 Å². The van der Waals surface area contributed by atoms with Crippen molar-refractivity contribution >= 4 is 11.4 Å². The number of hydrogen-bond acceptors (Lipinski definition) is 5. The molecule has 14 heavy (non-hydrogen) atoms. The molecule has 0 aromatic heterocycles. The third-order valence-electron chi connectivity index (χ3n) is 1.86. The zero-order chi connectivity index (χ0) is 10.7. The van der Waals surface area contributed by atoms with Gasteiger partial charge >= 0.3 is 0 Å². The van der Waals surface area contributed by atoms with E-state index in [0.29, 0.717) is 5.56 Å². The summed E-state index contributed by atoms with van der Waals surface area (Å²) >= 11 is 0. The van der Waals surface area contributed by atoms with E-state index < -0.39 is 11.5 Å². The maximum Gasteiger partial charge on any atom is 0.277 e. The van der Waals surface area contributed by atoms with Crippen molar-refractivity contribution in [3.05, 3.63) is 33.4 Å². The number of aliphatic hydroxyl groups is 2. The molecule has 0 aliphatic heterocycles. The lowest BCUT2D eigenvalue weighted by molar-refractivity contribution is -0.385. The quantitative estimate of drug-likeness (QED) is 0.364. The fraction of sp³-hybridized carbons (Fsp3) is 0.250. The SMILES string of the molecule is Nc1cc(CO)cc([N+](=O)[O-])c1CO. The average Bonchev–Trinajstić information content (AvgIpc) is 2.16. The van der Waals surface area contributed by atoms with Crippen molar-refractivity contribution in [1.29, 1.82) is 0 Å². The van der Waals surface area contributed by atoms with Gasteiger partial charge in [0.05, 0.1) is 23.7 Å². The highest BCUT2D eigenvalue weighted by molar-refractivity contribution is 5.59. The van der Waals surface area contributed by atoms with Crippen LogP contribution in [0.15, 0.2) is 12.1 Å². The Morgan fingerprint density at radius 1 is 1.36 bits per heavy atom. The van der Waals surface area contributed by atoms with Gasteiger partial charge in [0.25, 0.3) is 5.69 Å². The van der Waals surface area contributed by atoms with Gasteiger partial charge in [0.15, 0.2) is 0 Å². The zero-order valence-corrected chi connectivity index (χ0v) is 7.30. The smallest absolute Gasteiger partial charge is 0.277 e. The zero-order valence-electron chi connectivity index (χ0n) is 7.30. The molecule has 0 spiro atoms. The monoisotopic (exact) mass is 198 g/mol. The number of hydrogen-bond donors (Lipinski definition) is 3. The second-order valence-electron chi connectivity index (χ2n) is 2.76. The van der Waals surface area contributed by atoms with E-state index in [4.69, 9.17) is 15.9 Å². The number of rotatable bonds is 3. The summed E-state index contributed by atoms with van der Waals surface area (Å²) in [6.45, 7) is -0.815. The molecule has 0 saturated carbocycles. The molecular formula is C8H10N2O4. The summed E-state index contributed by atoms with van der Waals surface area (Å²) in [7, 11) is 0. The van der Waals surface area contributed by atoms with E-state index in [1.807, 2.05) is 0 Å². The van der Waals surface area contributed by atoms with Crippen LogP contribution < -0.4 is 5.73 Å². The molecule has 1 rings (SSSR count). The number of nitrogen functional groups attached to an aromatic ring is 1. The van der Waals surface area contributed by atoms with E-state index in [-0.39, 0.29) is 23.5 Å². The summed E-state index contributed by atoms with van der Waals surface area (Å²) in [6, 6.07) is 2.60. The van der Waals surface area contributed by atoms with E-state index in [1.54, 1.807) is 0 Å². The van der Waals surface area contributed by atoms with Crippen LogP contribution in [0.5, 0.6) is 0 Å². The largest absolute Gasteiger partial charge is 0.398 e. The van der Waals surface area contributed by atoms with Gasteiger partial charge in [-0.25, -0.2) is 0 Å². The predicted octanol–water partition coefficient (Wildman–Crippen LogP) is 0.162. The van der Waals surface area contributed by atoms with E-state index in [9.17, 15) is 10.1 Å². The molecule has 0 fully saturated rings. The summed E-state index contributed by atoms with van der Waals surface area (Å²) in [6.07, 6.45) is 0. The summed E-state index contributed by atoms with van der Waals surface area (Å²) in [4.78, 5) is 9.92. The van der Waals surface area contributed by atoms with Gasteiger partial charge < -0.3 is 15.9 Å². The van der Waals surface area contributed by atoms with Gasteiger partial charge in [-0.15, -0.1) is 0 Å². The van der Waals surface area contributed by atoms with Gasteiger partial charge in [-0.1, -0.05) is 0 Å². The summed E-state index contributed by atoms with van der Waals surface area (Å²) in [5.74, 6) is 0. The molecule has 6 heteroatoms. The lowest BCUT2D eigenvalue weighted by Crippen LogP contribution is -2.02. The van der Waals surface area contributed by atoms with Crippen molar-refractivity contribution in [2.75, 3.05) is 5.73 Å². The summed E-state index contributed by atoms with van der Waals surface area (Å²) in [5.41, 5.74) is 5.75. The van der Waals surface area contributed by atoms with Crippen molar-refractivity contribution in [2.45, 2.75) is 13.2 Å². The molecule has 6 nitrogen and oxygen atoms in total. The van der Waals surface area contributed by atoms with E-state index in [2.05, 4.69) is 0 Å². The molecule has 0 amide bonds. The summed E-state index contributed by atoms with van der Waals surface area (Å²) < 4.78 is 0.